The number of hydrogen-bond acceptors (Lipinski definition) is 8. The first-order valence-electron chi connectivity index (χ1n) is 13.8. The van der Waals surface area contributed by atoms with E-state index in [1.54, 1.807) is 30.5 Å². The summed E-state index contributed by atoms with van der Waals surface area (Å²) < 4.78 is 36.7. The number of rotatable bonds is 7. The van der Waals surface area contributed by atoms with Crippen molar-refractivity contribution in [1.29, 1.82) is 0 Å². The van der Waals surface area contributed by atoms with Crippen LogP contribution in [0.5, 0.6) is 0 Å². The Hall–Kier alpha value is -4.59. The number of fused-ring (bicyclic) bond motifs is 3. The molecule has 3 aliphatic heterocycles. The fourth-order valence-corrected chi connectivity index (χ4v) is 6.10. The van der Waals surface area contributed by atoms with E-state index in [-0.39, 0.29) is 35.0 Å². The van der Waals surface area contributed by atoms with Crippen LogP contribution >= 0.6 is 0 Å². The lowest BCUT2D eigenvalue weighted by molar-refractivity contribution is 0.0696. The molecule has 0 aliphatic carbocycles. The van der Waals surface area contributed by atoms with Gasteiger partial charge in [-0.1, -0.05) is 0 Å². The van der Waals surface area contributed by atoms with E-state index in [0.717, 1.165) is 24.5 Å². The molecule has 2 atom stereocenters. The molecular weight excluding hydrogens is 550 g/mol. The number of ether oxygens (including phenoxy) is 1. The molecule has 3 saturated heterocycles. The summed E-state index contributed by atoms with van der Waals surface area (Å²) in [5.41, 5.74) is 1.08. The van der Waals surface area contributed by atoms with Gasteiger partial charge in [-0.2, -0.15) is 10.2 Å². The molecule has 0 saturated carbocycles. The molecule has 4 aromatic rings. The summed E-state index contributed by atoms with van der Waals surface area (Å²) in [5.74, 6) is -0.858. The number of carboxylic acid groups (broad SMARTS) is 1. The van der Waals surface area contributed by atoms with Gasteiger partial charge in [-0.05, 0) is 49.6 Å². The van der Waals surface area contributed by atoms with Crippen LogP contribution in [-0.2, 0) is 4.74 Å². The van der Waals surface area contributed by atoms with Gasteiger partial charge in [-0.3, -0.25) is 9.48 Å². The standard InChI is InChI=1S/C28H28F2N8O4/c29-25(30)24-22(14-38(34-24)18-5-8-35(9-6-18)17-3-1-16(2-4-17)28(40)41)32-27(39)21-12-31-37-10-7-23(33-26(21)37)36-13-20-11-19(36)15-42-20/h1-4,7,10,12,14,18-20,25H,5-6,8-9,11,13,15H2,(H,32,39)(H,40,41)/t19-,20-/m1/s1. The average Bonchev–Trinajstić information content (AvgIpc) is 3.80. The quantitative estimate of drug-likeness (QED) is 0.338. The lowest BCUT2D eigenvalue weighted by atomic mass is 10.0. The molecule has 42 heavy (non-hydrogen) atoms. The number of morpholine rings is 1. The van der Waals surface area contributed by atoms with E-state index in [9.17, 15) is 18.4 Å². The van der Waals surface area contributed by atoms with Gasteiger partial charge in [0.15, 0.2) is 11.3 Å². The second-order valence-corrected chi connectivity index (χ2v) is 10.8. The highest BCUT2D eigenvalue weighted by molar-refractivity contribution is 6.08. The second kappa shape index (κ2) is 10.4. The molecule has 6 heterocycles. The number of nitrogens with one attached hydrogen (secondary N) is 1. The number of anilines is 3. The van der Waals surface area contributed by atoms with Gasteiger partial charge in [-0.25, -0.2) is 23.1 Å². The van der Waals surface area contributed by atoms with Crippen LogP contribution in [0.4, 0.5) is 26.0 Å². The Kier molecular flexibility index (Phi) is 6.49. The van der Waals surface area contributed by atoms with E-state index >= 15 is 0 Å². The highest BCUT2D eigenvalue weighted by Crippen LogP contribution is 2.33. The Morgan fingerprint density at radius 1 is 1.10 bits per heavy atom. The first-order valence-corrected chi connectivity index (χ1v) is 13.8. The first-order chi connectivity index (χ1) is 20.3. The zero-order valence-corrected chi connectivity index (χ0v) is 22.4. The van der Waals surface area contributed by atoms with Crippen molar-refractivity contribution in [3.63, 3.8) is 0 Å². The monoisotopic (exact) mass is 578 g/mol. The molecule has 1 aromatic carbocycles. The molecule has 3 aliphatic rings. The first kappa shape index (κ1) is 26.3. The van der Waals surface area contributed by atoms with Crippen molar-refractivity contribution >= 4 is 34.7 Å². The zero-order valence-electron chi connectivity index (χ0n) is 22.4. The van der Waals surface area contributed by atoms with E-state index in [0.29, 0.717) is 38.2 Å². The number of hydrogen-bond donors (Lipinski definition) is 2. The Morgan fingerprint density at radius 3 is 2.55 bits per heavy atom. The van der Waals surface area contributed by atoms with Gasteiger partial charge < -0.3 is 25.0 Å². The van der Waals surface area contributed by atoms with Gasteiger partial charge in [0.25, 0.3) is 12.3 Å². The minimum atomic E-state index is -2.88. The van der Waals surface area contributed by atoms with Gasteiger partial charge in [-0.15, -0.1) is 0 Å². The van der Waals surface area contributed by atoms with Crippen molar-refractivity contribution in [3.05, 3.63) is 65.7 Å². The Morgan fingerprint density at radius 2 is 1.88 bits per heavy atom. The van der Waals surface area contributed by atoms with Crippen LogP contribution in [0.3, 0.4) is 0 Å². The average molecular weight is 579 g/mol. The highest BCUT2D eigenvalue weighted by Gasteiger charge is 2.39. The summed E-state index contributed by atoms with van der Waals surface area (Å²) in [4.78, 5) is 33.4. The lowest BCUT2D eigenvalue weighted by Crippen LogP contribution is -2.37. The minimum Gasteiger partial charge on any atom is -0.478 e. The van der Waals surface area contributed by atoms with Gasteiger partial charge >= 0.3 is 5.97 Å². The molecule has 218 valence electrons. The van der Waals surface area contributed by atoms with Crippen molar-refractivity contribution in [2.75, 3.05) is 41.4 Å². The Labute approximate surface area is 238 Å². The number of piperidine rings is 1. The Bertz CT molecular complexity index is 1650. The third-order valence-electron chi connectivity index (χ3n) is 8.33. The molecule has 0 spiro atoms. The second-order valence-electron chi connectivity index (χ2n) is 10.8. The van der Waals surface area contributed by atoms with Gasteiger partial charge in [0, 0.05) is 37.7 Å². The SMILES string of the molecule is O=C(O)c1ccc(N2CCC(n3cc(NC(=O)c4cnn5ccc(N6C[C@H]7C[C@@H]6CO7)nc45)c(C(F)F)n3)CC2)cc1. The number of carboxylic acids is 1. The fourth-order valence-electron chi connectivity index (χ4n) is 6.10. The summed E-state index contributed by atoms with van der Waals surface area (Å²) in [6, 6.07) is 8.61. The zero-order chi connectivity index (χ0) is 29.0. The van der Waals surface area contributed by atoms with Crippen LogP contribution < -0.4 is 15.1 Å². The number of nitrogens with zero attached hydrogens (tertiary/aromatic N) is 7. The fraction of sp³-hybridized carbons (Fsp3) is 0.393. The van der Waals surface area contributed by atoms with Crippen molar-refractivity contribution in [2.45, 2.75) is 43.9 Å². The van der Waals surface area contributed by atoms with Crippen LogP contribution in [0.15, 0.2) is 48.9 Å². The van der Waals surface area contributed by atoms with E-state index in [1.165, 1.54) is 21.6 Å². The normalized spacial score (nSPS) is 20.6. The van der Waals surface area contributed by atoms with Crippen LogP contribution in [0.1, 0.15) is 58.1 Å². The molecule has 2 N–H and O–H groups in total. The summed E-state index contributed by atoms with van der Waals surface area (Å²) in [6.07, 6.45) is 4.11. The minimum absolute atomic E-state index is 0.0498. The topological polar surface area (TPSA) is 130 Å². The lowest BCUT2D eigenvalue weighted by Gasteiger charge is -2.33. The number of carbonyl (C=O) groups is 2. The number of alkyl halides is 2. The van der Waals surface area contributed by atoms with Crippen molar-refractivity contribution in [1.82, 2.24) is 24.4 Å². The van der Waals surface area contributed by atoms with Crippen molar-refractivity contribution < 1.29 is 28.2 Å². The molecule has 0 radical (unpaired) electrons. The number of carbonyl (C=O) groups excluding carboxylic acids is 1. The summed E-state index contributed by atoms with van der Waals surface area (Å²) >= 11 is 0. The van der Waals surface area contributed by atoms with Crippen LogP contribution in [-0.4, -0.2) is 79.7 Å². The summed E-state index contributed by atoms with van der Waals surface area (Å²) in [6.45, 7) is 2.66. The number of halogens is 2. The molecule has 0 unspecified atom stereocenters. The number of aromatic nitrogens is 5. The molecule has 12 nitrogen and oxygen atoms in total. The number of aromatic carboxylic acids is 1. The molecule has 14 heteroatoms. The van der Waals surface area contributed by atoms with Crippen molar-refractivity contribution in [3.8, 4) is 0 Å². The summed E-state index contributed by atoms with van der Waals surface area (Å²) in [5, 5.41) is 20.1. The number of amides is 1. The Balaban J connectivity index is 1.07. The smallest absolute Gasteiger partial charge is 0.335 e. The molecule has 3 aromatic heterocycles. The molecular formula is C28H28F2N8O4. The largest absolute Gasteiger partial charge is 0.478 e. The highest BCUT2D eigenvalue weighted by atomic mass is 19.3. The predicted molar refractivity (Wildman–Crippen MR) is 148 cm³/mol. The number of benzene rings is 1. The molecule has 7 rings (SSSR count). The molecule has 2 bridgehead atoms. The van der Waals surface area contributed by atoms with Crippen LogP contribution in [0.2, 0.25) is 0 Å². The molecule has 3 fully saturated rings. The summed E-state index contributed by atoms with van der Waals surface area (Å²) in [7, 11) is 0. The third-order valence-corrected chi connectivity index (χ3v) is 8.33. The molecule has 1 amide bonds. The van der Waals surface area contributed by atoms with Crippen LogP contribution in [0.25, 0.3) is 5.65 Å². The third kappa shape index (κ3) is 4.70. The van der Waals surface area contributed by atoms with Gasteiger partial charge in [0.1, 0.15) is 11.4 Å². The maximum absolute atomic E-state index is 14.0. The van der Waals surface area contributed by atoms with E-state index in [1.807, 2.05) is 6.07 Å². The predicted octanol–water partition coefficient (Wildman–Crippen LogP) is 3.63. The van der Waals surface area contributed by atoms with E-state index < -0.39 is 24.0 Å². The van der Waals surface area contributed by atoms with Gasteiger partial charge in [0.2, 0.25) is 0 Å². The van der Waals surface area contributed by atoms with E-state index in [2.05, 4.69) is 30.3 Å². The van der Waals surface area contributed by atoms with Crippen LogP contribution in [0, 0.1) is 0 Å². The van der Waals surface area contributed by atoms with E-state index in [4.69, 9.17) is 9.84 Å². The van der Waals surface area contributed by atoms with Crippen molar-refractivity contribution in [2.24, 2.45) is 0 Å². The van der Waals surface area contributed by atoms with Gasteiger partial charge in [0.05, 0.1) is 42.2 Å². The maximum atomic E-state index is 14.0. The maximum Gasteiger partial charge on any atom is 0.335 e.